The van der Waals surface area contributed by atoms with Crippen molar-refractivity contribution in [3.8, 4) is 6.07 Å². The number of aryl methyl sites for hydroxylation is 1. The van der Waals surface area contributed by atoms with E-state index in [9.17, 15) is 13.4 Å². The van der Waals surface area contributed by atoms with Crippen LogP contribution in [0.4, 0.5) is 10.1 Å². The van der Waals surface area contributed by atoms with E-state index >= 15 is 0 Å². The molecule has 3 N–H and O–H groups in total. The average molecular weight is 450 g/mol. The largest absolute Gasteiger partial charge is 0.345 e. The third kappa shape index (κ3) is 4.30. The molecule has 10 heteroatoms. The van der Waals surface area contributed by atoms with E-state index in [4.69, 9.17) is 10.0 Å². The van der Waals surface area contributed by atoms with Gasteiger partial charge in [0, 0.05) is 36.6 Å². The molecule has 0 bridgehead atoms. The van der Waals surface area contributed by atoms with Gasteiger partial charge in [-0.1, -0.05) is 42.5 Å². The number of amides is 1. The van der Waals surface area contributed by atoms with Crippen molar-refractivity contribution in [2.75, 3.05) is 5.32 Å². The zero-order valence-electron chi connectivity index (χ0n) is 17.0. The fourth-order valence-corrected chi connectivity index (χ4v) is 5.11. The lowest BCUT2D eigenvalue weighted by atomic mass is 10.1. The maximum Gasteiger partial charge on any atom is 0.272 e. The summed E-state index contributed by atoms with van der Waals surface area (Å²) in [6.45, 7) is 0. The zero-order chi connectivity index (χ0) is 22.9. The highest BCUT2D eigenvalue weighted by Gasteiger charge is 2.28. The molecule has 1 aliphatic heterocycles. The maximum absolute atomic E-state index is 13.6. The van der Waals surface area contributed by atoms with Crippen molar-refractivity contribution < 1.29 is 13.4 Å². The van der Waals surface area contributed by atoms with Crippen LogP contribution in [0.2, 0.25) is 0 Å². The Morgan fingerprint density at radius 3 is 2.84 bits per heavy atom. The van der Waals surface area contributed by atoms with Gasteiger partial charge < -0.3 is 9.88 Å². The summed E-state index contributed by atoms with van der Waals surface area (Å²) in [6.07, 6.45) is 5.47. The first-order chi connectivity index (χ1) is 15.3. The van der Waals surface area contributed by atoms with Gasteiger partial charge in [0.25, 0.3) is 5.91 Å². The van der Waals surface area contributed by atoms with Crippen molar-refractivity contribution in [3.63, 3.8) is 0 Å². The molecule has 0 spiro atoms. The summed E-state index contributed by atoms with van der Waals surface area (Å²) < 4.78 is 39.6. The molecular weight excluding hydrogens is 431 g/mol. The van der Waals surface area contributed by atoms with Crippen LogP contribution in [0.5, 0.6) is 0 Å². The topological polar surface area (TPSA) is 124 Å². The highest BCUT2D eigenvalue weighted by Crippen LogP contribution is 2.28. The van der Waals surface area contributed by atoms with E-state index in [1.54, 1.807) is 25.3 Å². The van der Waals surface area contributed by atoms with Crippen LogP contribution >= 0.6 is 0 Å². The molecule has 1 unspecified atom stereocenters. The molecule has 0 aliphatic carbocycles. The fraction of sp³-hybridized carbons (Fsp3) is 0.136. The molecule has 8 nitrogen and oxygen atoms in total. The molecule has 4 rings (SSSR count). The minimum Gasteiger partial charge on any atom is -0.345 e. The molecule has 162 valence electrons. The Bertz CT molecular complexity index is 1370. The van der Waals surface area contributed by atoms with Gasteiger partial charge in [0.15, 0.2) is 0 Å². The van der Waals surface area contributed by atoms with E-state index in [-0.39, 0.29) is 28.0 Å². The minimum absolute atomic E-state index is 0.0679. The number of pyridine rings is 1. The number of nitriles is 1. The first-order valence-corrected chi connectivity index (χ1v) is 11.2. The molecule has 3 heterocycles. The summed E-state index contributed by atoms with van der Waals surface area (Å²) in [5.41, 5.74) is 1.42. The summed E-state index contributed by atoms with van der Waals surface area (Å²) in [4.78, 5) is 16.6. The second-order valence-corrected chi connectivity index (χ2v) is 9.11. The number of hydrogen-bond acceptors (Lipinski definition) is 5. The Hall–Kier alpha value is -3.81. The highest BCUT2D eigenvalue weighted by atomic mass is 32.2. The monoisotopic (exact) mass is 450 g/mol. The average Bonchev–Trinajstić information content (AvgIpc) is 3.03. The van der Waals surface area contributed by atoms with E-state index in [0.717, 1.165) is 11.6 Å². The molecule has 0 saturated heterocycles. The fourth-order valence-electron chi connectivity index (χ4n) is 3.61. The number of anilines is 1. The number of halogens is 1. The second kappa shape index (κ2) is 8.37. The minimum atomic E-state index is -3.40. The van der Waals surface area contributed by atoms with Gasteiger partial charge in [0.05, 0.1) is 4.90 Å². The number of fused-ring (bicyclic) bond motifs is 1. The Labute approximate surface area is 184 Å². The van der Waals surface area contributed by atoms with E-state index in [0.29, 0.717) is 12.0 Å². The highest BCUT2D eigenvalue weighted by molar-refractivity contribution is 7.90. The quantitative estimate of drug-likeness (QED) is 0.528. The van der Waals surface area contributed by atoms with Crippen LogP contribution in [0.3, 0.4) is 0 Å². The third-order valence-corrected chi connectivity index (χ3v) is 6.57. The van der Waals surface area contributed by atoms with Crippen molar-refractivity contribution in [2.24, 2.45) is 7.05 Å². The summed E-state index contributed by atoms with van der Waals surface area (Å²) in [7, 11) is -1.80. The summed E-state index contributed by atoms with van der Waals surface area (Å²) >= 11 is 0. The van der Waals surface area contributed by atoms with Gasteiger partial charge in [-0.2, -0.15) is 9.65 Å². The molecular formula is C22H19FN6O2S. The van der Waals surface area contributed by atoms with E-state index < -0.39 is 21.8 Å². The van der Waals surface area contributed by atoms with Gasteiger partial charge >= 0.3 is 0 Å². The van der Waals surface area contributed by atoms with Crippen molar-refractivity contribution >= 4 is 27.6 Å². The van der Waals surface area contributed by atoms with Crippen molar-refractivity contribution in [1.29, 1.82) is 10.0 Å². The third-order valence-electron chi connectivity index (χ3n) is 4.99. The number of nitrogens with zero attached hydrogens (tertiary/aromatic N) is 3. The normalized spacial score (nSPS) is 19.6. The number of nitrogens with one attached hydrogen (secondary N) is 3. The van der Waals surface area contributed by atoms with Crippen LogP contribution < -0.4 is 10.0 Å². The van der Waals surface area contributed by atoms with Crippen molar-refractivity contribution in [1.82, 2.24) is 14.3 Å². The lowest BCUT2D eigenvalue weighted by Crippen LogP contribution is -2.33. The molecule has 1 aliphatic rings. The Kier molecular flexibility index (Phi) is 5.61. The van der Waals surface area contributed by atoms with Gasteiger partial charge in [-0.3, -0.25) is 4.79 Å². The van der Waals surface area contributed by atoms with Crippen LogP contribution in [0, 0.1) is 22.1 Å². The van der Waals surface area contributed by atoms with Gasteiger partial charge in [-0.15, -0.1) is 0 Å². The first kappa shape index (κ1) is 21.4. The molecule has 2 aromatic heterocycles. The second-order valence-electron chi connectivity index (χ2n) is 7.33. The molecule has 0 fully saturated rings. The summed E-state index contributed by atoms with van der Waals surface area (Å²) in [5, 5.41) is 11.5. The van der Waals surface area contributed by atoms with Crippen LogP contribution in [0.15, 0.2) is 59.6 Å². The number of rotatable bonds is 4. The Balaban J connectivity index is 1.68. The summed E-state index contributed by atoms with van der Waals surface area (Å²) in [5.74, 6) is -1.49. The predicted molar refractivity (Wildman–Crippen MR) is 118 cm³/mol. The Morgan fingerprint density at radius 1 is 1.38 bits per heavy atom. The number of hydrogen-bond donors (Lipinski definition) is 3. The Morgan fingerprint density at radius 2 is 2.12 bits per heavy atom. The standard InChI is InChI=1S/C22H19FN6O2S/c1-29-13-19-18(21(29)22(30)27-16-10-17(12-24)26-20(23)11-16)8-7-15(28-32(19,25)31)9-14-5-3-2-4-6-14/h2-8,10-11,13,15H,9H2,1H3,(H2,25,28,31)(H,26,27,30)/t15-,32?/m0/s1. The van der Waals surface area contributed by atoms with Crippen molar-refractivity contribution in [3.05, 3.63) is 83.2 Å². The van der Waals surface area contributed by atoms with Gasteiger partial charge in [0.2, 0.25) is 5.95 Å². The van der Waals surface area contributed by atoms with Crippen LogP contribution in [-0.4, -0.2) is 25.7 Å². The van der Waals surface area contributed by atoms with Gasteiger partial charge in [-0.05, 0) is 18.1 Å². The van der Waals surface area contributed by atoms with Gasteiger partial charge in [-0.25, -0.2) is 18.7 Å². The van der Waals surface area contributed by atoms with E-state index in [1.807, 2.05) is 30.3 Å². The number of carbonyl (C=O) groups is 1. The predicted octanol–water partition coefficient (Wildman–Crippen LogP) is 3.23. The van der Waals surface area contributed by atoms with Gasteiger partial charge in [0.1, 0.15) is 27.4 Å². The summed E-state index contributed by atoms with van der Waals surface area (Å²) in [6, 6.07) is 13.2. The van der Waals surface area contributed by atoms with Crippen LogP contribution in [-0.2, 0) is 23.4 Å². The van der Waals surface area contributed by atoms with Crippen LogP contribution in [0.25, 0.3) is 6.08 Å². The number of carbonyl (C=O) groups excluding carboxylic acids is 1. The molecule has 1 amide bonds. The lowest BCUT2D eigenvalue weighted by molar-refractivity contribution is 0.101. The van der Waals surface area contributed by atoms with E-state index in [1.165, 1.54) is 16.8 Å². The molecule has 0 radical (unpaired) electrons. The smallest absolute Gasteiger partial charge is 0.272 e. The molecule has 0 saturated carbocycles. The number of benzene rings is 1. The number of aromatic nitrogens is 2. The SMILES string of the molecule is Cn1cc2c(c1C(=O)Nc1cc(F)nc(C#N)c1)C=C[C@@H](Cc1ccccc1)NS2(=N)=O. The lowest BCUT2D eigenvalue weighted by Gasteiger charge is -2.15. The van der Waals surface area contributed by atoms with E-state index in [2.05, 4.69) is 15.0 Å². The maximum atomic E-state index is 13.6. The van der Waals surface area contributed by atoms with Crippen LogP contribution in [0.1, 0.15) is 27.3 Å². The molecule has 2 atom stereocenters. The first-order valence-electron chi connectivity index (χ1n) is 9.63. The molecule has 3 aromatic rings. The molecule has 32 heavy (non-hydrogen) atoms. The molecule has 1 aromatic carbocycles. The van der Waals surface area contributed by atoms with Crippen molar-refractivity contribution in [2.45, 2.75) is 17.4 Å². The zero-order valence-corrected chi connectivity index (χ0v) is 17.8.